The van der Waals surface area contributed by atoms with Crippen molar-refractivity contribution >= 4 is 17.8 Å². The number of carbonyl (C=O) groups is 3. The molecule has 1 unspecified atom stereocenters. The lowest BCUT2D eigenvalue weighted by Gasteiger charge is -2.31. The molecular formula is C19H26N2O5. The van der Waals surface area contributed by atoms with Crippen molar-refractivity contribution < 1.29 is 24.2 Å². The first kappa shape index (κ1) is 19.8. The quantitative estimate of drug-likeness (QED) is 0.731. The molecule has 1 aliphatic heterocycles. The standard InChI is InChI=1S/C19H26N2O5/c1-14(11-18(23)24)12-20-19(25)15-7-9-21(10-8-15)17(22)13-26-16-5-3-2-4-6-16/h2-6,14-15H,7-13H2,1H3,(H,20,25)(H,23,24). The van der Waals surface area contributed by atoms with E-state index in [-0.39, 0.29) is 36.7 Å². The van der Waals surface area contributed by atoms with Crippen molar-refractivity contribution in [3.05, 3.63) is 30.3 Å². The fourth-order valence-electron chi connectivity index (χ4n) is 2.93. The van der Waals surface area contributed by atoms with Crippen LogP contribution in [0.4, 0.5) is 0 Å². The molecule has 0 radical (unpaired) electrons. The van der Waals surface area contributed by atoms with E-state index in [9.17, 15) is 14.4 Å². The van der Waals surface area contributed by atoms with Crippen LogP contribution in [0.15, 0.2) is 30.3 Å². The number of piperidine rings is 1. The summed E-state index contributed by atoms with van der Waals surface area (Å²) in [6.07, 6.45) is 1.25. The maximum Gasteiger partial charge on any atom is 0.303 e. The van der Waals surface area contributed by atoms with E-state index in [0.717, 1.165) is 0 Å². The third kappa shape index (κ3) is 6.38. The molecule has 1 atom stereocenters. The molecule has 7 heteroatoms. The first-order valence-corrected chi connectivity index (χ1v) is 8.91. The second-order valence-corrected chi connectivity index (χ2v) is 6.70. The van der Waals surface area contributed by atoms with Gasteiger partial charge in [-0.2, -0.15) is 0 Å². The number of benzene rings is 1. The van der Waals surface area contributed by atoms with E-state index in [4.69, 9.17) is 9.84 Å². The monoisotopic (exact) mass is 362 g/mol. The summed E-state index contributed by atoms with van der Waals surface area (Å²) in [6, 6.07) is 9.18. The van der Waals surface area contributed by atoms with Gasteiger partial charge in [0.15, 0.2) is 6.61 Å². The number of nitrogens with zero attached hydrogens (tertiary/aromatic N) is 1. The lowest BCUT2D eigenvalue weighted by Crippen LogP contribution is -2.45. The normalized spacial score (nSPS) is 16.0. The number of hydrogen-bond donors (Lipinski definition) is 2. The highest BCUT2D eigenvalue weighted by atomic mass is 16.5. The van der Waals surface area contributed by atoms with Gasteiger partial charge >= 0.3 is 5.97 Å². The summed E-state index contributed by atoms with van der Waals surface area (Å²) in [6.45, 7) is 3.20. The van der Waals surface area contributed by atoms with Crippen LogP contribution in [0.1, 0.15) is 26.2 Å². The van der Waals surface area contributed by atoms with Crippen molar-refractivity contribution in [2.45, 2.75) is 26.2 Å². The fraction of sp³-hybridized carbons (Fsp3) is 0.526. The van der Waals surface area contributed by atoms with Crippen LogP contribution in [0.5, 0.6) is 5.75 Å². The molecule has 0 saturated carbocycles. The average molecular weight is 362 g/mol. The van der Waals surface area contributed by atoms with E-state index in [1.165, 1.54) is 0 Å². The van der Waals surface area contributed by atoms with Crippen molar-refractivity contribution in [3.63, 3.8) is 0 Å². The maximum absolute atomic E-state index is 12.2. The lowest BCUT2D eigenvalue weighted by atomic mass is 9.95. The van der Waals surface area contributed by atoms with Gasteiger partial charge in [-0.1, -0.05) is 25.1 Å². The number of aliphatic carboxylic acids is 1. The largest absolute Gasteiger partial charge is 0.484 e. The number of para-hydroxylation sites is 1. The molecule has 2 rings (SSSR count). The highest BCUT2D eigenvalue weighted by molar-refractivity contribution is 5.80. The molecule has 0 spiro atoms. The van der Waals surface area contributed by atoms with Crippen molar-refractivity contribution in [2.24, 2.45) is 11.8 Å². The number of carboxylic acids is 1. The Hall–Kier alpha value is -2.57. The van der Waals surface area contributed by atoms with Gasteiger partial charge in [0.1, 0.15) is 5.75 Å². The van der Waals surface area contributed by atoms with Crippen LogP contribution in [0.2, 0.25) is 0 Å². The molecule has 1 aromatic rings. The van der Waals surface area contributed by atoms with Gasteiger partial charge < -0.3 is 20.1 Å². The maximum atomic E-state index is 12.2. The molecule has 26 heavy (non-hydrogen) atoms. The zero-order valence-electron chi connectivity index (χ0n) is 15.0. The Labute approximate surface area is 153 Å². The van der Waals surface area contributed by atoms with E-state index in [1.807, 2.05) is 18.2 Å². The van der Waals surface area contributed by atoms with Crippen LogP contribution in [0, 0.1) is 11.8 Å². The van der Waals surface area contributed by atoms with Gasteiger partial charge in [-0.15, -0.1) is 0 Å². The van der Waals surface area contributed by atoms with E-state index in [1.54, 1.807) is 24.0 Å². The molecule has 142 valence electrons. The van der Waals surface area contributed by atoms with Crippen molar-refractivity contribution in [1.29, 1.82) is 0 Å². The van der Waals surface area contributed by atoms with E-state index in [2.05, 4.69) is 5.32 Å². The Bertz CT molecular complexity index is 612. The first-order chi connectivity index (χ1) is 12.5. The second-order valence-electron chi connectivity index (χ2n) is 6.70. The van der Waals surface area contributed by atoms with Crippen LogP contribution in [-0.4, -0.2) is 54.0 Å². The lowest BCUT2D eigenvalue weighted by molar-refractivity contribution is -0.138. The molecule has 0 aromatic heterocycles. The van der Waals surface area contributed by atoms with Crippen molar-refractivity contribution in [3.8, 4) is 5.75 Å². The van der Waals surface area contributed by atoms with Crippen LogP contribution in [0.25, 0.3) is 0 Å². The molecular weight excluding hydrogens is 336 g/mol. The Morgan fingerprint density at radius 3 is 2.50 bits per heavy atom. The molecule has 7 nitrogen and oxygen atoms in total. The Morgan fingerprint density at radius 2 is 1.88 bits per heavy atom. The van der Waals surface area contributed by atoms with Gasteiger partial charge in [0, 0.05) is 32.0 Å². The molecule has 0 aliphatic carbocycles. The average Bonchev–Trinajstić information content (AvgIpc) is 2.64. The summed E-state index contributed by atoms with van der Waals surface area (Å²) in [4.78, 5) is 36.8. The molecule has 1 heterocycles. The number of ether oxygens (including phenoxy) is 1. The number of hydrogen-bond acceptors (Lipinski definition) is 4. The number of carbonyl (C=O) groups excluding carboxylic acids is 2. The number of nitrogens with one attached hydrogen (secondary N) is 1. The van der Waals surface area contributed by atoms with E-state index >= 15 is 0 Å². The third-order valence-electron chi connectivity index (χ3n) is 4.47. The van der Waals surface area contributed by atoms with Crippen LogP contribution >= 0.6 is 0 Å². The highest BCUT2D eigenvalue weighted by Gasteiger charge is 2.27. The summed E-state index contributed by atoms with van der Waals surface area (Å²) in [5.74, 6) is -0.584. The Balaban J connectivity index is 1.68. The fourth-order valence-corrected chi connectivity index (χ4v) is 2.93. The van der Waals surface area contributed by atoms with E-state index in [0.29, 0.717) is 38.2 Å². The minimum absolute atomic E-state index is 0.00637. The van der Waals surface area contributed by atoms with Crippen molar-refractivity contribution in [2.75, 3.05) is 26.2 Å². The number of carboxylic acid groups (broad SMARTS) is 1. The summed E-state index contributed by atoms with van der Waals surface area (Å²) in [5, 5.41) is 11.6. The topological polar surface area (TPSA) is 95.9 Å². The van der Waals surface area contributed by atoms with Gasteiger partial charge in [0.25, 0.3) is 5.91 Å². The minimum Gasteiger partial charge on any atom is -0.484 e. The van der Waals surface area contributed by atoms with Gasteiger partial charge in [-0.25, -0.2) is 0 Å². The van der Waals surface area contributed by atoms with Crippen molar-refractivity contribution in [1.82, 2.24) is 10.2 Å². The summed E-state index contributed by atoms with van der Waals surface area (Å²) < 4.78 is 5.47. The van der Waals surface area contributed by atoms with Gasteiger partial charge in [0.2, 0.25) is 5.91 Å². The number of likely N-dealkylation sites (tertiary alicyclic amines) is 1. The summed E-state index contributed by atoms with van der Waals surface area (Å²) in [5.41, 5.74) is 0. The van der Waals surface area contributed by atoms with E-state index < -0.39 is 5.97 Å². The Kier molecular flexibility index (Phi) is 7.44. The molecule has 2 amide bonds. The summed E-state index contributed by atoms with van der Waals surface area (Å²) in [7, 11) is 0. The van der Waals surface area contributed by atoms with Crippen LogP contribution in [0.3, 0.4) is 0 Å². The van der Waals surface area contributed by atoms with Gasteiger partial charge in [0.05, 0.1) is 0 Å². The first-order valence-electron chi connectivity index (χ1n) is 8.91. The number of amides is 2. The zero-order valence-corrected chi connectivity index (χ0v) is 15.0. The third-order valence-corrected chi connectivity index (χ3v) is 4.47. The molecule has 2 N–H and O–H groups in total. The zero-order chi connectivity index (χ0) is 18.9. The molecule has 1 aliphatic rings. The predicted molar refractivity (Wildman–Crippen MR) is 95.7 cm³/mol. The SMILES string of the molecule is CC(CNC(=O)C1CCN(C(=O)COc2ccccc2)CC1)CC(=O)O. The smallest absolute Gasteiger partial charge is 0.303 e. The Morgan fingerprint density at radius 1 is 1.23 bits per heavy atom. The molecule has 1 saturated heterocycles. The number of rotatable bonds is 8. The van der Waals surface area contributed by atoms with Crippen LogP contribution in [-0.2, 0) is 14.4 Å². The van der Waals surface area contributed by atoms with Gasteiger partial charge in [-0.05, 0) is 30.9 Å². The predicted octanol–water partition coefficient (Wildman–Crippen LogP) is 1.53. The highest BCUT2D eigenvalue weighted by Crippen LogP contribution is 2.18. The van der Waals surface area contributed by atoms with Gasteiger partial charge in [-0.3, -0.25) is 14.4 Å². The summed E-state index contributed by atoms with van der Waals surface area (Å²) >= 11 is 0. The minimum atomic E-state index is -0.865. The van der Waals surface area contributed by atoms with Crippen LogP contribution < -0.4 is 10.1 Å². The molecule has 0 bridgehead atoms. The second kappa shape index (κ2) is 9.79. The molecule has 1 aromatic carbocycles. The molecule has 1 fully saturated rings.